The fourth-order valence-corrected chi connectivity index (χ4v) is 2.38. The van der Waals surface area contributed by atoms with Gasteiger partial charge in [0.25, 0.3) is 0 Å². The number of benzene rings is 2. The molecule has 20 heavy (non-hydrogen) atoms. The van der Waals surface area contributed by atoms with E-state index >= 15 is 0 Å². The molecule has 1 atom stereocenters. The van der Waals surface area contributed by atoms with Crippen LogP contribution in [0, 0.1) is 12.7 Å². The summed E-state index contributed by atoms with van der Waals surface area (Å²) in [6, 6.07) is 10.1. The van der Waals surface area contributed by atoms with E-state index in [9.17, 15) is 9.18 Å². The van der Waals surface area contributed by atoms with Crippen LogP contribution < -0.4 is 10.5 Å². The van der Waals surface area contributed by atoms with E-state index < -0.39 is 5.82 Å². The van der Waals surface area contributed by atoms with Crippen molar-refractivity contribution in [2.24, 2.45) is 0 Å². The Bertz CT molecular complexity index is 680. The summed E-state index contributed by atoms with van der Waals surface area (Å²) in [5, 5.41) is 0. The van der Waals surface area contributed by atoms with Gasteiger partial charge in [-0.1, -0.05) is 29.8 Å². The van der Waals surface area contributed by atoms with Crippen molar-refractivity contribution >= 4 is 11.5 Å². The molecule has 1 aliphatic rings. The summed E-state index contributed by atoms with van der Waals surface area (Å²) in [5.74, 6) is -0.386. The highest BCUT2D eigenvalue weighted by Crippen LogP contribution is 2.39. The van der Waals surface area contributed by atoms with E-state index in [1.165, 1.54) is 12.1 Å². The van der Waals surface area contributed by atoms with Crippen molar-refractivity contribution in [1.29, 1.82) is 0 Å². The van der Waals surface area contributed by atoms with Gasteiger partial charge in [0.1, 0.15) is 11.9 Å². The molecule has 0 bridgehead atoms. The number of ketones is 1. The largest absolute Gasteiger partial charge is 0.482 e. The molecule has 3 rings (SSSR count). The van der Waals surface area contributed by atoms with E-state index in [0.717, 1.165) is 11.1 Å². The Labute approximate surface area is 116 Å². The minimum absolute atomic E-state index is 0.150. The zero-order chi connectivity index (χ0) is 14.3. The van der Waals surface area contributed by atoms with Crippen molar-refractivity contribution in [2.45, 2.75) is 19.4 Å². The Kier molecular flexibility index (Phi) is 2.93. The van der Waals surface area contributed by atoms with Crippen molar-refractivity contribution in [3.8, 4) is 5.75 Å². The van der Waals surface area contributed by atoms with Crippen LogP contribution in [0.3, 0.4) is 0 Å². The van der Waals surface area contributed by atoms with Crippen LogP contribution in [0.15, 0.2) is 36.4 Å². The highest BCUT2D eigenvalue weighted by molar-refractivity contribution is 6.01. The lowest BCUT2D eigenvalue weighted by atomic mass is 9.95. The second-order valence-electron chi connectivity index (χ2n) is 5.02. The molecule has 0 saturated carbocycles. The van der Waals surface area contributed by atoms with Gasteiger partial charge in [0.15, 0.2) is 11.5 Å². The van der Waals surface area contributed by atoms with Gasteiger partial charge >= 0.3 is 0 Å². The number of carbonyl (C=O) groups is 1. The van der Waals surface area contributed by atoms with Crippen LogP contribution in [-0.4, -0.2) is 5.78 Å². The van der Waals surface area contributed by atoms with Gasteiger partial charge < -0.3 is 10.5 Å². The first-order valence-electron chi connectivity index (χ1n) is 6.40. The molecule has 1 heterocycles. The third kappa shape index (κ3) is 2.13. The number of fused-ring (bicyclic) bond motifs is 1. The smallest absolute Gasteiger partial charge is 0.170 e. The summed E-state index contributed by atoms with van der Waals surface area (Å²) < 4.78 is 19.1. The van der Waals surface area contributed by atoms with Crippen LogP contribution in [0.1, 0.15) is 34.0 Å². The number of rotatable bonds is 1. The van der Waals surface area contributed by atoms with Crippen molar-refractivity contribution in [3.63, 3.8) is 0 Å². The number of ether oxygens (including phenoxy) is 1. The average molecular weight is 271 g/mol. The minimum Gasteiger partial charge on any atom is -0.482 e. The zero-order valence-electron chi connectivity index (χ0n) is 11.0. The number of hydrogen-bond acceptors (Lipinski definition) is 3. The van der Waals surface area contributed by atoms with Crippen molar-refractivity contribution in [2.75, 3.05) is 5.73 Å². The Hall–Kier alpha value is -2.36. The van der Waals surface area contributed by atoms with Crippen LogP contribution in [0.25, 0.3) is 0 Å². The van der Waals surface area contributed by atoms with E-state index in [4.69, 9.17) is 10.5 Å². The molecule has 2 aromatic carbocycles. The molecule has 0 aromatic heterocycles. The average Bonchev–Trinajstić information content (AvgIpc) is 2.40. The normalized spacial score (nSPS) is 17.5. The molecule has 3 nitrogen and oxygen atoms in total. The highest BCUT2D eigenvalue weighted by Gasteiger charge is 2.29. The first kappa shape index (κ1) is 12.7. The fourth-order valence-electron chi connectivity index (χ4n) is 2.38. The van der Waals surface area contributed by atoms with Crippen LogP contribution in [0.5, 0.6) is 5.75 Å². The van der Waals surface area contributed by atoms with Crippen molar-refractivity contribution in [3.05, 3.63) is 58.9 Å². The number of anilines is 1. The molecule has 1 unspecified atom stereocenters. The number of hydrogen-bond donors (Lipinski definition) is 1. The number of carbonyl (C=O) groups excluding carboxylic acids is 1. The molecule has 0 spiro atoms. The van der Waals surface area contributed by atoms with Gasteiger partial charge in [-0.3, -0.25) is 4.79 Å². The van der Waals surface area contributed by atoms with Gasteiger partial charge in [0, 0.05) is 6.07 Å². The molecule has 0 saturated heterocycles. The van der Waals surface area contributed by atoms with E-state index in [0.29, 0.717) is 0 Å². The molecule has 0 radical (unpaired) electrons. The number of aryl methyl sites for hydroxylation is 1. The van der Waals surface area contributed by atoms with Crippen LogP contribution in [0.4, 0.5) is 10.1 Å². The molecule has 102 valence electrons. The first-order valence-corrected chi connectivity index (χ1v) is 6.40. The lowest BCUT2D eigenvalue weighted by molar-refractivity contribution is 0.0850. The van der Waals surface area contributed by atoms with Gasteiger partial charge in [-0.05, 0) is 18.6 Å². The molecule has 2 N–H and O–H groups in total. The first-order chi connectivity index (χ1) is 9.54. The predicted molar refractivity (Wildman–Crippen MR) is 74.3 cm³/mol. The number of nitrogens with two attached hydrogens (primary N) is 1. The molecular formula is C16H14FNO2. The number of Topliss-reactive ketones (excluding diaryl/α,β-unsaturated/α-hetero) is 1. The van der Waals surface area contributed by atoms with E-state index in [1.807, 2.05) is 31.2 Å². The standard InChI is InChI=1S/C16H14FNO2/c1-9-2-4-10(5-3-9)15-8-14(19)12-6-11(17)7-13(18)16(12)20-15/h2-7,15H,8,18H2,1H3. The summed E-state index contributed by atoms with van der Waals surface area (Å²) in [6.45, 7) is 1.99. The third-order valence-electron chi connectivity index (χ3n) is 3.46. The monoisotopic (exact) mass is 271 g/mol. The Morgan fingerprint density at radius 3 is 2.65 bits per heavy atom. The lowest BCUT2D eigenvalue weighted by Crippen LogP contribution is -2.21. The Balaban J connectivity index is 2.00. The summed E-state index contributed by atoms with van der Waals surface area (Å²) in [7, 11) is 0. The van der Waals surface area contributed by atoms with Gasteiger partial charge in [-0.2, -0.15) is 0 Å². The van der Waals surface area contributed by atoms with E-state index in [-0.39, 0.29) is 35.3 Å². The molecule has 2 aromatic rings. The van der Waals surface area contributed by atoms with Gasteiger partial charge in [0.05, 0.1) is 17.7 Å². The maximum atomic E-state index is 13.3. The van der Waals surface area contributed by atoms with Gasteiger partial charge in [-0.15, -0.1) is 0 Å². The summed E-state index contributed by atoms with van der Waals surface area (Å²) in [5.41, 5.74) is 8.19. The van der Waals surface area contributed by atoms with E-state index in [1.54, 1.807) is 0 Å². The minimum atomic E-state index is -0.521. The van der Waals surface area contributed by atoms with Crippen LogP contribution in [0.2, 0.25) is 0 Å². The molecular weight excluding hydrogens is 257 g/mol. The van der Waals surface area contributed by atoms with Crippen LogP contribution >= 0.6 is 0 Å². The Morgan fingerprint density at radius 1 is 1.25 bits per heavy atom. The molecule has 0 aliphatic carbocycles. The number of halogens is 1. The zero-order valence-corrected chi connectivity index (χ0v) is 11.0. The molecule has 0 amide bonds. The molecule has 1 aliphatic heterocycles. The van der Waals surface area contributed by atoms with Gasteiger partial charge in [-0.25, -0.2) is 4.39 Å². The van der Waals surface area contributed by atoms with Crippen molar-refractivity contribution in [1.82, 2.24) is 0 Å². The quantitative estimate of drug-likeness (QED) is 0.808. The molecule has 0 fully saturated rings. The second-order valence-corrected chi connectivity index (χ2v) is 5.02. The lowest BCUT2D eigenvalue weighted by Gasteiger charge is -2.26. The van der Waals surface area contributed by atoms with E-state index in [2.05, 4.69) is 0 Å². The summed E-state index contributed by atoms with van der Waals surface area (Å²) >= 11 is 0. The third-order valence-corrected chi connectivity index (χ3v) is 3.46. The SMILES string of the molecule is Cc1ccc(C2CC(=O)c3cc(F)cc(N)c3O2)cc1. The van der Waals surface area contributed by atoms with Crippen molar-refractivity contribution < 1.29 is 13.9 Å². The number of nitrogen functional groups attached to an aromatic ring is 1. The summed E-state index contributed by atoms with van der Waals surface area (Å²) in [4.78, 5) is 12.1. The van der Waals surface area contributed by atoms with Gasteiger partial charge in [0.2, 0.25) is 0 Å². The highest BCUT2D eigenvalue weighted by atomic mass is 19.1. The van der Waals surface area contributed by atoms with Crippen LogP contribution in [-0.2, 0) is 0 Å². The molecule has 4 heteroatoms. The Morgan fingerprint density at radius 2 is 1.95 bits per heavy atom. The maximum Gasteiger partial charge on any atom is 0.170 e. The maximum absolute atomic E-state index is 13.3. The second kappa shape index (κ2) is 4.63. The topological polar surface area (TPSA) is 52.3 Å². The fraction of sp³-hybridized carbons (Fsp3) is 0.188. The summed E-state index contributed by atoms with van der Waals surface area (Å²) in [6.07, 6.45) is -0.178. The predicted octanol–water partition coefficient (Wildman–Crippen LogP) is 3.42.